The molecule has 6 nitrogen and oxygen atoms in total. The zero-order valence-corrected chi connectivity index (χ0v) is 48.0. The van der Waals surface area contributed by atoms with Gasteiger partial charge in [-0.25, -0.2) is 0 Å². The lowest BCUT2D eigenvalue weighted by molar-refractivity contribution is -0.167. The van der Waals surface area contributed by atoms with Crippen molar-refractivity contribution in [2.75, 3.05) is 13.2 Å². The fraction of sp³-hybridized carbons (Fsp3) is 0.892. The van der Waals surface area contributed by atoms with E-state index in [4.69, 9.17) is 14.2 Å². The molecule has 0 saturated carbocycles. The second kappa shape index (κ2) is 60.4. The molecule has 418 valence electrons. The summed E-state index contributed by atoms with van der Waals surface area (Å²) in [6.07, 6.45) is 71.7. The van der Waals surface area contributed by atoms with Crippen LogP contribution >= 0.6 is 0 Å². The van der Waals surface area contributed by atoms with E-state index in [2.05, 4.69) is 45.1 Å². The van der Waals surface area contributed by atoms with Crippen LogP contribution in [0.25, 0.3) is 0 Å². The van der Waals surface area contributed by atoms with Crippen LogP contribution in [0.1, 0.15) is 355 Å². The highest BCUT2D eigenvalue weighted by Gasteiger charge is 2.19. The van der Waals surface area contributed by atoms with E-state index in [-0.39, 0.29) is 31.1 Å². The second-order valence-electron chi connectivity index (χ2n) is 21.7. The maximum atomic E-state index is 12.9. The number of rotatable bonds is 59. The summed E-state index contributed by atoms with van der Waals surface area (Å²) in [4.78, 5) is 38.3. The van der Waals surface area contributed by atoms with Gasteiger partial charge in [0, 0.05) is 19.3 Å². The molecule has 0 unspecified atom stereocenters. The maximum Gasteiger partial charge on any atom is 0.306 e. The van der Waals surface area contributed by atoms with Gasteiger partial charge < -0.3 is 14.2 Å². The van der Waals surface area contributed by atoms with Crippen molar-refractivity contribution in [1.29, 1.82) is 0 Å². The van der Waals surface area contributed by atoms with Crippen LogP contribution in [0.2, 0.25) is 0 Å². The third kappa shape index (κ3) is 58.7. The first-order chi connectivity index (χ1) is 35.0. The summed E-state index contributed by atoms with van der Waals surface area (Å²) in [6, 6.07) is 0. The molecule has 0 spiro atoms. The molecule has 1 atom stereocenters. The van der Waals surface area contributed by atoms with Gasteiger partial charge in [-0.15, -0.1) is 0 Å². The van der Waals surface area contributed by atoms with Crippen molar-refractivity contribution >= 4 is 17.9 Å². The topological polar surface area (TPSA) is 78.9 Å². The lowest BCUT2D eigenvalue weighted by atomic mass is 10.0. The third-order valence-corrected chi connectivity index (χ3v) is 14.4. The van der Waals surface area contributed by atoms with E-state index in [9.17, 15) is 14.4 Å². The number of hydrogen-bond acceptors (Lipinski definition) is 6. The number of allylic oxidation sites excluding steroid dienone is 4. The Morgan fingerprint density at radius 1 is 0.268 bits per heavy atom. The predicted octanol–water partition coefficient (Wildman–Crippen LogP) is 21.4. The quantitative estimate of drug-likeness (QED) is 0.0261. The van der Waals surface area contributed by atoms with Crippen molar-refractivity contribution in [2.24, 2.45) is 0 Å². The van der Waals surface area contributed by atoms with Crippen LogP contribution in [0.4, 0.5) is 0 Å². The number of hydrogen-bond donors (Lipinski definition) is 0. The fourth-order valence-corrected chi connectivity index (χ4v) is 9.61. The van der Waals surface area contributed by atoms with Crippen LogP contribution in [0.5, 0.6) is 0 Å². The molecule has 0 aliphatic carbocycles. The summed E-state index contributed by atoms with van der Waals surface area (Å²) < 4.78 is 16.9. The summed E-state index contributed by atoms with van der Waals surface area (Å²) in [5, 5.41) is 0. The van der Waals surface area contributed by atoms with E-state index in [1.165, 1.54) is 257 Å². The van der Waals surface area contributed by atoms with Gasteiger partial charge in [0.1, 0.15) is 13.2 Å². The first kappa shape index (κ1) is 68.9. The fourth-order valence-electron chi connectivity index (χ4n) is 9.61. The highest BCUT2D eigenvalue weighted by Crippen LogP contribution is 2.17. The second-order valence-corrected chi connectivity index (χ2v) is 21.7. The lowest BCUT2D eigenvalue weighted by Crippen LogP contribution is -2.30. The molecule has 71 heavy (non-hydrogen) atoms. The Kier molecular flexibility index (Phi) is 58.6. The molecule has 0 heterocycles. The number of ether oxygens (including phenoxy) is 3. The van der Waals surface area contributed by atoms with E-state index in [1.807, 2.05) is 0 Å². The summed E-state index contributed by atoms with van der Waals surface area (Å²) in [7, 11) is 0. The Labute approximate surface area is 443 Å². The SMILES string of the molecule is CCCCCCCC/C=C\CCCCCCCCCCCC(=O)OC[C@@H](COC(=O)CCCCCCCCCCCCCCCCC)OC(=O)CCCCCCCCCCC/C=C\CCCCCCCC. The molecule has 0 fully saturated rings. The van der Waals surface area contributed by atoms with Gasteiger partial charge in [-0.2, -0.15) is 0 Å². The number of carbonyl (C=O) groups is 3. The van der Waals surface area contributed by atoms with E-state index < -0.39 is 6.10 Å². The summed E-state index contributed by atoms with van der Waals surface area (Å²) in [5.74, 6) is -0.845. The van der Waals surface area contributed by atoms with Crippen molar-refractivity contribution in [3.8, 4) is 0 Å². The highest BCUT2D eigenvalue weighted by molar-refractivity contribution is 5.71. The first-order valence-electron chi connectivity index (χ1n) is 31.8. The third-order valence-electron chi connectivity index (χ3n) is 14.4. The van der Waals surface area contributed by atoms with E-state index >= 15 is 0 Å². The largest absolute Gasteiger partial charge is 0.462 e. The van der Waals surface area contributed by atoms with Crippen LogP contribution in [0.15, 0.2) is 24.3 Å². The van der Waals surface area contributed by atoms with Gasteiger partial charge in [0.2, 0.25) is 0 Å². The highest BCUT2D eigenvalue weighted by atomic mass is 16.6. The molecule has 0 aromatic rings. The van der Waals surface area contributed by atoms with Crippen molar-refractivity contribution in [3.05, 3.63) is 24.3 Å². The summed E-state index contributed by atoms with van der Waals surface area (Å²) >= 11 is 0. The first-order valence-corrected chi connectivity index (χ1v) is 31.8. The number of unbranched alkanes of at least 4 members (excludes halogenated alkanes) is 44. The van der Waals surface area contributed by atoms with E-state index in [0.29, 0.717) is 19.3 Å². The minimum absolute atomic E-state index is 0.0674. The van der Waals surface area contributed by atoms with Crippen molar-refractivity contribution < 1.29 is 28.6 Å². The average molecular weight is 1000 g/mol. The average Bonchev–Trinajstić information content (AvgIpc) is 3.37. The summed E-state index contributed by atoms with van der Waals surface area (Å²) in [5.41, 5.74) is 0. The maximum absolute atomic E-state index is 12.9. The van der Waals surface area contributed by atoms with Crippen LogP contribution < -0.4 is 0 Å². The minimum atomic E-state index is -0.770. The Morgan fingerprint density at radius 2 is 0.465 bits per heavy atom. The molecule has 0 radical (unpaired) electrons. The molecular weight excluding hydrogens is 877 g/mol. The monoisotopic (exact) mass is 999 g/mol. The molecule has 0 aliphatic heterocycles. The smallest absolute Gasteiger partial charge is 0.306 e. The van der Waals surface area contributed by atoms with Gasteiger partial charge in [-0.05, 0) is 70.6 Å². The van der Waals surface area contributed by atoms with Gasteiger partial charge in [0.15, 0.2) is 6.10 Å². The van der Waals surface area contributed by atoms with Gasteiger partial charge >= 0.3 is 17.9 Å². The zero-order valence-electron chi connectivity index (χ0n) is 48.0. The normalized spacial score (nSPS) is 12.1. The molecule has 0 rings (SSSR count). The molecule has 0 aliphatic rings. The number of esters is 3. The number of carbonyl (C=O) groups excluding carboxylic acids is 3. The van der Waals surface area contributed by atoms with Gasteiger partial charge in [-0.1, -0.05) is 289 Å². The Balaban J connectivity index is 4.32. The predicted molar refractivity (Wildman–Crippen MR) is 307 cm³/mol. The van der Waals surface area contributed by atoms with Crippen LogP contribution in [-0.2, 0) is 28.6 Å². The van der Waals surface area contributed by atoms with E-state index in [0.717, 1.165) is 57.8 Å². The zero-order chi connectivity index (χ0) is 51.4. The molecule has 0 aromatic carbocycles. The summed E-state index contributed by atoms with van der Waals surface area (Å²) in [6.45, 7) is 6.69. The lowest BCUT2D eigenvalue weighted by Gasteiger charge is -2.18. The van der Waals surface area contributed by atoms with Crippen molar-refractivity contribution in [2.45, 2.75) is 361 Å². The molecule has 0 amide bonds. The molecule has 6 heteroatoms. The van der Waals surface area contributed by atoms with E-state index in [1.54, 1.807) is 0 Å². The minimum Gasteiger partial charge on any atom is -0.462 e. The van der Waals surface area contributed by atoms with Crippen LogP contribution in [0, 0.1) is 0 Å². The molecule has 0 bridgehead atoms. The van der Waals surface area contributed by atoms with Gasteiger partial charge in [0.25, 0.3) is 0 Å². The molecule has 0 saturated heterocycles. The molecular formula is C65H122O6. The van der Waals surface area contributed by atoms with Gasteiger partial charge in [0.05, 0.1) is 0 Å². The standard InChI is InChI=1S/C65H122O6/c1-4-7-10-13-16-19-22-25-28-30-32-34-37-40-43-46-49-52-55-58-64(67)70-61-62(60-69-63(66)57-54-51-48-45-42-39-36-27-24-21-18-15-12-9-6-3)71-65(68)59-56-53-50-47-44-41-38-35-33-31-29-26-23-20-17-14-11-8-5-2/h25-26,28-29,62H,4-24,27,30-61H2,1-3H3/b28-25-,29-26-/t62-/m1/s1. The molecule has 0 aromatic heterocycles. The Bertz CT molecular complexity index is 1150. The van der Waals surface area contributed by atoms with Crippen molar-refractivity contribution in [3.63, 3.8) is 0 Å². The van der Waals surface area contributed by atoms with Crippen LogP contribution in [0.3, 0.4) is 0 Å². The van der Waals surface area contributed by atoms with Gasteiger partial charge in [-0.3, -0.25) is 14.4 Å². The molecule has 0 N–H and O–H groups in total. The Morgan fingerprint density at radius 3 is 0.704 bits per heavy atom. The Hall–Kier alpha value is -2.11. The van der Waals surface area contributed by atoms with Crippen molar-refractivity contribution in [1.82, 2.24) is 0 Å². The van der Waals surface area contributed by atoms with Crippen LogP contribution in [-0.4, -0.2) is 37.2 Å².